The molecule has 148 valence electrons. The van der Waals surface area contributed by atoms with Gasteiger partial charge in [0.15, 0.2) is 0 Å². The van der Waals surface area contributed by atoms with Crippen LogP contribution in [0, 0.1) is 13.8 Å². The average Bonchev–Trinajstić information content (AvgIpc) is 3.00. The summed E-state index contributed by atoms with van der Waals surface area (Å²) in [7, 11) is 3.37. The molecule has 0 saturated carbocycles. The maximum Gasteiger partial charge on any atom is 0.295 e. The highest BCUT2D eigenvalue weighted by Crippen LogP contribution is 2.39. The monoisotopic (exact) mass is 381 g/mol. The zero-order valence-electron chi connectivity index (χ0n) is 17.5. The number of rotatable bonds is 2. The molecule has 1 aromatic carbocycles. The Labute approximate surface area is 165 Å². The van der Waals surface area contributed by atoms with Crippen molar-refractivity contribution in [1.29, 1.82) is 0 Å². The van der Waals surface area contributed by atoms with Crippen molar-refractivity contribution in [3.8, 4) is 0 Å². The van der Waals surface area contributed by atoms with Crippen LogP contribution >= 0.6 is 0 Å². The molecule has 1 fully saturated rings. The van der Waals surface area contributed by atoms with Crippen molar-refractivity contribution < 1.29 is 14.7 Å². The lowest BCUT2D eigenvalue weighted by atomic mass is 9.85. The first kappa shape index (κ1) is 19.9. The smallest absolute Gasteiger partial charge is 0.295 e. The predicted octanol–water partition coefficient (Wildman–Crippen LogP) is 3.39. The van der Waals surface area contributed by atoms with Gasteiger partial charge in [0.05, 0.1) is 22.9 Å². The number of ketones is 1. The lowest BCUT2D eigenvalue weighted by Crippen LogP contribution is -2.25. The zero-order chi connectivity index (χ0) is 21.0. The number of benzene rings is 1. The van der Waals surface area contributed by atoms with Crippen molar-refractivity contribution in [2.24, 2.45) is 7.05 Å². The van der Waals surface area contributed by atoms with Gasteiger partial charge in [-0.25, -0.2) is 0 Å². The molecule has 0 bridgehead atoms. The molecule has 28 heavy (non-hydrogen) atoms. The summed E-state index contributed by atoms with van der Waals surface area (Å²) in [6, 6.07) is 7.22. The number of carbonyl (C=O) groups excluding carboxylic acids is 2. The van der Waals surface area contributed by atoms with E-state index in [1.54, 1.807) is 25.7 Å². The summed E-state index contributed by atoms with van der Waals surface area (Å²) in [6.07, 6.45) is 0. The van der Waals surface area contributed by atoms with E-state index in [0.29, 0.717) is 11.3 Å². The molecule has 0 spiro atoms. The van der Waals surface area contributed by atoms with Crippen LogP contribution in [0.5, 0.6) is 0 Å². The van der Waals surface area contributed by atoms with E-state index in [0.717, 1.165) is 16.8 Å². The van der Waals surface area contributed by atoms with E-state index < -0.39 is 17.7 Å². The molecule has 1 aliphatic heterocycles. The van der Waals surface area contributed by atoms with Crippen LogP contribution in [-0.2, 0) is 22.1 Å². The number of hydrogen-bond donors (Lipinski definition) is 1. The van der Waals surface area contributed by atoms with E-state index in [2.05, 4.69) is 25.9 Å². The van der Waals surface area contributed by atoms with Gasteiger partial charge in [0.2, 0.25) is 0 Å². The maximum absolute atomic E-state index is 12.7. The average molecular weight is 381 g/mol. The van der Waals surface area contributed by atoms with Crippen LogP contribution < -0.4 is 0 Å². The van der Waals surface area contributed by atoms with Gasteiger partial charge in [-0.2, -0.15) is 5.10 Å². The molecule has 1 atom stereocenters. The van der Waals surface area contributed by atoms with E-state index in [1.807, 2.05) is 31.2 Å². The SMILES string of the molecule is Cc1nn(C)c(C)c1/C(O)=C1\C(=O)C(=O)N(C)C1c1ccc(C(C)(C)C)cc1. The van der Waals surface area contributed by atoms with E-state index in [4.69, 9.17) is 0 Å². The minimum atomic E-state index is -0.674. The molecule has 2 heterocycles. The molecule has 1 aliphatic rings. The summed E-state index contributed by atoms with van der Waals surface area (Å²) < 4.78 is 1.65. The fourth-order valence-corrected chi connectivity index (χ4v) is 3.75. The van der Waals surface area contributed by atoms with Crippen molar-refractivity contribution in [2.45, 2.75) is 46.1 Å². The van der Waals surface area contributed by atoms with Crippen molar-refractivity contribution in [2.75, 3.05) is 7.05 Å². The molecule has 1 saturated heterocycles. The van der Waals surface area contributed by atoms with Gasteiger partial charge in [0.1, 0.15) is 5.76 Å². The van der Waals surface area contributed by atoms with E-state index in [-0.39, 0.29) is 16.7 Å². The van der Waals surface area contributed by atoms with Gasteiger partial charge in [-0.15, -0.1) is 0 Å². The topological polar surface area (TPSA) is 75.4 Å². The lowest BCUT2D eigenvalue weighted by molar-refractivity contribution is -0.139. The molecule has 0 radical (unpaired) electrons. The molecule has 0 aliphatic carbocycles. The van der Waals surface area contributed by atoms with Crippen LogP contribution in [0.4, 0.5) is 0 Å². The second-order valence-corrected chi connectivity index (χ2v) is 8.45. The Morgan fingerprint density at radius 1 is 1.07 bits per heavy atom. The van der Waals surface area contributed by atoms with Gasteiger partial charge in [0.25, 0.3) is 11.7 Å². The number of likely N-dealkylation sites (tertiary alicyclic amines) is 1. The van der Waals surface area contributed by atoms with Crippen molar-refractivity contribution >= 4 is 17.4 Å². The Morgan fingerprint density at radius 2 is 1.64 bits per heavy atom. The standard InChI is InChI=1S/C22H27N3O3/c1-12-16(13(2)25(7)23-12)19(26)17-18(24(6)21(28)20(17)27)14-8-10-15(11-9-14)22(3,4)5/h8-11,18,26H,1-7H3/b19-17+. The first-order valence-corrected chi connectivity index (χ1v) is 9.30. The Bertz CT molecular complexity index is 991. The fraction of sp³-hybridized carbons (Fsp3) is 0.409. The highest BCUT2D eigenvalue weighted by molar-refractivity contribution is 6.46. The number of hydrogen-bond acceptors (Lipinski definition) is 4. The fourth-order valence-electron chi connectivity index (χ4n) is 3.75. The summed E-state index contributed by atoms with van der Waals surface area (Å²) in [4.78, 5) is 26.6. The molecule has 1 N–H and O–H groups in total. The highest BCUT2D eigenvalue weighted by atomic mass is 16.3. The van der Waals surface area contributed by atoms with Gasteiger partial charge in [-0.1, -0.05) is 45.0 Å². The quantitative estimate of drug-likeness (QED) is 0.492. The number of Topliss-reactive ketones (excluding diaryl/α,β-unsaturated/α-hetero) is 1. The molecule has 2 aromatic rings. The molecule has 6 nitrogen and oxygen atoms in total. The third-order valence-corrected chi connectivity index (χ3v) is 5.51. The predicted molar refractivity (Wildman–Crippen MR) is 108 cm³/mol. The second kappa shape index (κ2) is 6.62. The van der Waals surface area contributed by atoms with Crippen molar-refractivity contribution in [3.63, 3.8) is 0 Å². The number of amides is 1. The Kier molecular flexibility index (Phi) is 4.69. The molecular weight excluding hydrogens is 354 g/mol. The van der Waals surface area contributed by atoms with Crippen molar-refractivity contribution in [3.05, 3.63) is 57.9 Å². The number of nitrogens with zero attached hydrogens (tertiary/aromatic N) is 3. The molecule has 1 unspecified atom stereocenters. The highest BCUT2D eigenvalue weighted by Gasteiger charge is 2.44. The van der Waals surface area contributed by atoms with Gasteiger partial charge < -0.3 is 10.0 Å². The third kappa shape index (κ3) is 3.03. The number of likely N-dealkylation sites (N-methyl/N-ethyl adjacent to an activating group) is 1. The van der Waals surface area contributed by atoms with Gasteiger partial charge in [-0.3, -0.25) is 14.3 Å². The van der Waals surface area contributed by atoms with Gasteiger partial charge >= 0.3 is 0 Å². The number of aromatic nitrogens is 2. The summed E-state index contributed by atoms with van der Waals surface area (Å²) >= 11 is 0. The minimum absolute atomic E-state index is 0.00349. The van der Waals surface area contributed by atoms with E-state index in [1.165, 1.54) is 4.90 Å². The summed E-state index contributed by atoms with van der Waals surface area (Å²) in [5.74, 6) is -1.46. The summed E-state index contributed by atoms with van der Waals surface area (Å²) in [5.41, 5.74) is 3.90. The first-order chi connectivity index (χ1) is 12.9. The summed E-state index contributed by atoms with van der Waals surface area (Å²) in [5, 5.41) is 15.4. The Balaban J connectivity index is 2.18. The maximum atomic E-state index is 12.7. The van der Waals surface area contributed by atoms with Crippen LogP contribution in [0.2, 0.25) is 0 Å². The van der Waals surface area contributed by atoms with E-state index in [9.17, 15) is 14.7 Å². The normalized spacial score (nSPS) is 19.5. The van der Waals surface area contributed by atoms with Crippen LogP contribution in [0.25, 0.3) is 5.76 Å². The second-order valence-electron chi connectivity index (χ2n) is 8.45. The zero-order valence-corrected chi connectivity index (χ0v) is 17.5. The van der Waals surface area contributed by atoms with Crippen molar-refractivity contribution in [1.82, 2.24) is 14.7 Å². The van der Waals surface area contributed by atoms with Crippen LogP contribution in [0.3, 0.4) is 0 Å². The van der Waals surface area contributed by atoms with Gasteiger partial charge in [0, 0.05) is 19.8 Å². The lowest BCUT2D eigenvalue weighted by Gasteiger charge is -2.23. The Hall–Kier alpha value is -2.89. The Morgan fingerprint density at radius 3 is 2.11 bits per heavy atom. The third-order valence-electron chi connectivity index (χ3n) is 5.51. The number of aliphatic hydroxyl groups excluding tert-OH is 1. The van der Waals surface area contributed by atoms with Gasteiger partial charge in [-0.05, 0) is 30.4 Å². The van der Waals surface area contributed by atoms with Crippen LogP contribution in [-0.4, -0.2) is 38.5 Å². The largest absolute Gasteiger partial charge is 0.507 e. The molecule has 1 amide bonds. The molecule has 6 heteroatoms. The van der Waals surface area contributed by atoms with Crippen LogP contribution in [0.1, 0.15) is 54.9 Å². The first-order valence-electron chi connectivity index (χ1n) is 9.30. The number of aryl methyl sites for hydroxylation is 2. The minimum Gasteiger partial charge on any atom is -0.507 e. The number of carbonyl (C=O) groups is 2. The summed E-state index contributed by atoms with van der Waals surface area (Å²) in [6.45, 7) is 9.98. The van der Waals surface area contributed by atoms with Crippen LogP contribution in [0.15, 0.2) is 29.8 Å². The number of aliphatic hydroxyl groups is 1. The van der Waals surface area contributed by atoms with E-state index >= 15 is 0 Å². The molecule has 3 rings (SSSR count). The molecule has 1 aromatic heterocycles. The molecular formula is C22H27N3O3.